The second-order valence-electron chi connectivity index (χ2n) is 5.51. The molecule has 9 heteroatoms. The van der Waals surface area contributed by atoms with Crippen LogP contribution >= 0.6 is 12.4 Å². The molecule has 1 aliphatic carbocycles. The molecule has 0 radical (unpaired) electrons. The van der Waals surface area contributed by atoms with Crippen LogP contribution < -0.4 is 0 Å². The second-order valence-corrected chi connectivity index (χ2v) is 5.80. The Hall–Kier alpha value is -1.38. The highest BCUT2D eigenvalue weighted by Crippen LogP contribution is 2.36. The number of aryl methyl sites for hydroxylation is 1. The molecule has 25 heavy (non-hydrogen) atoms. The third-order valence-corrected chi connectivity index (χ3v) is 4.39. The Balaban J connectivity index is -0.000000441. The zero-order chi connectivity index (χ0) is 14.4. The average molecular weight is 396 g/mol. The zero-order valence-electron chi connectivity index (χ0n) is 13.9. The number of carbonyl (C=O) groups excluding carboxylic acids is 1. The molecular formula is C16H26F6O2S. The van der Waals surface area contributed by atoms with Gasteiger partial charge in [-0.3, -0.25) is 28.3 Å². The molecule has 0 unspecified atom stereocenters. The van der Waals surface area contributed by atoms with Gasteiger partial charge in [0.1, 0.15) is 0 Å². The molecule has 2 nitrogen and oxygen atoms in total. The number of halogens is 6. The van der Waals surface area contributed by atoms with Gasteiger partial charge in [-0.2, -0.15) is 0 Å². The molecule has 1 saturated carbocycles. The van der Waals surface area contributed by atoms with Crippen molar-refractivity contribution in [3.63, 3.8) is 0 Å². The highest BCUT2D eigenvalue weighted by atomic mass is 32.2. The van der Waals surface area contributed by atoms with E-state index in [4.69, 9.17) is 0 Å². The first-order valence-corrected chi connectivity index (χ1v) is 7.96. The van der Waals surface area contributed by atoms with E-state index in [0.29, 0.717) is 5.92 Å². The Morgan fingerprint density at radius 3 is 2.00 bits per heavy atom. The molecule has 0 aliphatic heterocycles. The van der Waals surface area contributed by atoms with E-state index in [-0.39, 0.29) is 41.9 Å². The molecular weight excluding hydrogens is 370 g/mol. The van der Waals surface area contributed by atoms with Crippen LogP contribution in [-0.4, -0.2) is 5.97 Å². The monoisotopic (exact) mass is 396 g/mol. The van der Waals surface area contributed by atoms with E-state index in [0.717, 1.165) is 32.1 Å². The number of carbonyl (C=O) groups is 1. The molecule has 2 rings (SSSR count). The van der Waals surface area contributed by atoms with E-state index >= 15 is 0 Å². The quantitative estimate of drug-likeness (QED) is 0.468. The van der Waals surface area contributed by atoms with Crippen LogP contribution in [0.5, 0.6) is 0 Å². The van der Waals surface area contributed by atoms with Crippen molar-refractivity contribution in [1.29, 1.82) is 0 Å². The van der Waals surface area contributed by atoms with Crippen molar-refractivity contribution in [2.75, 3.05) is 0 Å². The molecule has 1 fully saturated rings. The molecule has 0 spiro atoms. The van der Waals surface area contributed by atoms with E-state index in [1.54, 1.807) is 0 Å². The third-order valence-electron chi connectivity index (χ3n) is 4.16. The third kappa shape index (κ3) is 9.04. The Bertz CT molecular complexity index is 439. The van der Waals surface area contributed by atoms with Gasteiger partial charge in [0.2, 0.25) is 0 Å². The molecule has 1 aromatic rings. The van der Waals surface area contributed by atoms with E-state index in [1.807, 2.05) is 0 Å². The van der Waals surface area contributed by atoms with Crippen LogP contribution in [0.3, 0.4) is 0 Å². The van der Waals surface area contributed by atoms with Crippen LogP contribution in [0.2, 0.25) is 0 Å². The number of rotatable bonds is 5. The molecule has 0 amide bonds. The Morgan fingerprint density at radius 2 is 1.56 bits per heavy atom. The predicted octanol–water partition coefficient (Wildman–Crippen LogP) is 5.75. The first kappa shape index (κ1) is 31.4. The minimum atomic E-state index is -0.408. The van der Waals surface area contributed by atoms with Crippen LogP contribution in [0.25, 0.3) is 0 Å². The van der Waals surface area contributed by atoms with Gasteiger partial charge >= 0.3 is 5.97 Å². The van der Waals surface area contributed by atoms with Crippen LogP contribution in [-0.2, 0) is 15.4 Å². The highest BCUT2D eigenvalue weighted by Gasteiger charge is 2.28. The summed E-state index contributed by atoms with van der Waals surface area (Å²) in [6, 6.07) is 8.84. The lowest BCUT2D eigenvalue weighted by atomic mass is 9.78. The first-order chi connectivity index (χ1) is 9.74. The first-order valence-electron chi connectivity index (χ1n) is 7.32. The maximum absolute atomic E-state index is 11.9. The normalized spacial score (nSPS) is 18.0. The molecule has 0 heterocycles. The summed E-state index contributed by atoms with van der Waals surface area (Å²) in [6.07, 6.45) is 5.83. The van der Waals surface area contributed by atoms with Crippen molar-refractivity contribution in [3.05, 3.63) is 35.4 Å². The fraction of sp³-hybridized carbons (Fsp3) is 0.562. The minimum Gasteiger partial charge on any atom is -0.360 e. The molecule has 0 atom stereocenters. The number of benzene rings is 1. The lowest BCUT2D eigenvalue weighted by molar-refractivity contribution is -0.138. The van der Waals surface area contributed by atoms with Gasteiger partial charge in [0.25, 0.3) is 12.4 Å². The average Bonchev–Trinajstić information content (AvgIpc) is 2.49. The summed E-state index contributed by atoms with van der Waals surface area (Å²) in [4.78, 5) is 11.5. The van der Waals surface area contributed by atoms with Gasteiger partial charge in [-0.05, 0) is 49.1 Å². The molecule has 150 valence electrons. The topological polar surface area (TPSA) is 26.3 Å². The van der Waals surface area contributed by atoms with Gasteiger partial charge in [-0.1, -0.05) is 37.6 Å². The fourth-order valence-corrected chi connectivity index (χ4v) is 3.20. The van der Waals surface area contributed by atoms with Crippen LogP contribution in [0.15, 0.2) is 24.3 Å². The molecule has 0 bridgehead atoms. The summed E-state index contributed by atoms with van der Waals surface area (Å²) in [6.45, 7) is 2.18. The van der Waals surface area contributed by atoms with Crippen molar-refractivity contribution in [3.8, 4) is 0 Å². The lowest BCUT2D eigenvalue weighted by Crippen LogP contribution is -2.21. The fourth-order valence-electron chi connectivity index (χ4n) is 3.01. The van der Waals surface area contributed by atoms with Gasteiger partial charge in [0.05, 0.1) is 5.92 Å². The van der Waals surface area contributed by atoms with Crippen molar-refractivity contribution in [1.82, 2.24) is 0 Å². The van der Waals surface area contributed by atoms with Crippen molar-refractivity contribution in [2.24, 2.45) is 5.92 Å². The second kappa shape index (κ2) is 16.1. The standard InChI is InChI=1S/C16H21FO2S.5FH/c1-2-3-12-4-6-13(7-5-12)14-8-10-15(11-9-14)16(18)19-20-17;;;;;/h4-7,14-15H,2-3,8-11H2,1H3;5*1H. The van der Waals surface area contributed by atoms with E-state index in [2.05, 4.69) is 35.4 Å². The smallest absolute Gasteiger partial charge is 0.323 e. The minimum absolute atomic E-state index is 0. The van der Waals surface area contributed by atoms with Crippen molar-refractivity contribution >= 4 is 18.4 Å². The summed E-state index contributed by atoms with van der Waals surface area (Å²) >= 11 is -0.343. The highest BCUT2D eigenvalue weighted by molar-refractivity contribution is 7.89. The van der Waals surface area contributed by atoms with Gasteiger partial charge < -0.3 is 4.18 Å². The molecule has 0 saturated heterocycles. The predicted molar refractivity (Wildman–Crippen MR) is 92.4 cm³/mol. The Kier molecular flexibility index (Phi) is 20.2. The SMILES string of the molecule is CCCc1ccc(C2CCC(C(=O)OSF)CC2)cc1.F.F.F.F.F. The van der Waals surface area contributed by atoms with Gasteiger partial charge in [0, 0.05) is 0 Å². The summed E-state index contributed by atoms with van der Waals surface area (Å²) < 4.78 is 16.3. The van der Waals surface area contributed by atoms with Crippen LogP contribution in [0, 0.1) is 5.92 Å². The summed E-state index contributed by atoms with van der Waals surface area (Å²) in [5.74, 6) is -0.0177. The van der Waals surface area contributed by atoms with Crippen LogP contribution in [0.4, 0.5) is 27.4 Å². The summed E-state index contributed by atoms with van der Waals surface area (Å²) in [7, 11) is 0. The Morgan fingerprint density at radius 1 is 1.04 bits per heavy atom. The number of hydrogen-bond donors (Lipinski definition) is 0. The van der Waals surface area contributed by atoms with Gasteiger partial charge in [-0.15, -0.1) is 3.89 Å². The van der Waals surface area contributed by atoms with Gasteiger partial charge in [0.15, 0.2) is 0 Å². The van der Waals surface area contributed by atoms with E-state index in [9.17, 15) is 8.68 Å². The maximum atomic E-state index is 11.9. The molecule has 1 aromatic carbocycles. The van der Waals surface area contributed by atoms with Crippen LogP contribution in [0.1, 0.15) is 56.1 Å². The van der Waals surface area contributed by atoms with E-state index < -0.39 is 5.97 Å². The molecule has 0 aromatic heterocycles. The van der Waals surface area contributed by atoms with Gasteiger partial charge in [-0.25, -0.2) is 0 Å². The Labute approximate surface area is 148 Å². The largest absolute Gasteiger partial charge is 0.360 e. The van der Waals surface area contributed by atoms with Crippen molar-refractivity contribution < 1.29 is 36.4 Å². The zero-order valence-corrected chi connectivity index (χ0v) is 14.7. The summed E-state index contributed by atoms with van der Waals surface area (Å²) in [5, 5.41) is 0. The molecule has 1 aliphatic rings. The van der Waals surface area contributed by atoms with Crippen molar-refractivity contribution in [2.45, 2.75) is 51.4 Å². The number of hydrogen-bond acceptors (Lipinski definition) is 3. The lowest BCUT2D eigenvalue weighted by Gasteiger charge is -2.27. The maximum Gasteiger partial charge on any atom is 0.323 e. The van der Waals surface area contributed by atoms with E-state index in [1.165, 1.54) is 17.5 Å². The summed E-state index contributed by atoms with van der Waals surface area (Å²) in [5.41, 5.74) is 2.74. The molecule has 0 N–H and O–H groups in total.